The Bertz CT molecular complexity index is 395. The Morgan fingerprint density at radius 3 is 2.67 bits per heavy atom. The number of carbonyl (C=O) groups is 2. The molecule has 2 N–H and O–H groups in total. The van der Waals surface area contributed by atoms with Crippen molar-refractivity contribution in [2.24, 2.45) is 0 Å². The third-order valence-corrected chi connectivity index (χ3v) is 1.48. The molecular weight excluding hydrogens is 210 g/mol. The van der Waals surface area contributed by atoms with Crippen molar-refractivity contribution in [3.63, 3.8) is 0 Å². The van der Waals surface area contributed by atoms with E-state index in [9.17, 15) is 18.4 Å². The fourth-order valence-corrected chi connectivity index (χ4v) is 0.849. The third-order valence-electron chi connectivity index (χ3n) is 1.48. The molecule has 80 valence electrons. The van der Waals surface area contributed by atoms with Gasteiger partial charge in [0.2, 0.25) is 0 Å². The van der Waals surface area contributed by atoms with Crippen LogP contribution in [0.3, 0.4) is 0 Å². The fraction of sp³-hybridized carbons (Fsp3) is 0.125. The summed E-state index contributed by atoms with van der Waals surface area (Å²) in [4.78, 5) is 24.7. The summed E-state index contributed by atoms with van der Waals surface area (Å²) in [5.74, 6) is -3.33. The molecule has 5 nitrogen and oxygen atoms in total. The van der Waals surface area contributed by atoms with E-state index in [1.165, 1.54) is 12.3 Å². The lowest BCUT2D eigenvalue weighted by Crippen LogP contribution is -2.22. The second kappa shape index (κ2) is 4.45. The normalized spacial score (nSPS) is 10.1. The van der Waals surface area contributed by atoms with Crippen molar-refractivity contribution in [2.75, 3.05) is 5.32 Å². The molecule has 0 saturated heterocycles. The van der Waals surface area contributed by atoms with Crippen LogP contribution in [0, 0.1) is 0 Å². The van der Waals surface area contributed by atoms with Crippen LogP contribution in [-0.2, 0) is 4.79 Å². The van der Waals surface area contributed by atoms with Crippen LogP contribution in [0.2, 0.25) is 0 Å². The number of aromatic carboxylic acids is 1. The Labute approximate surface area is 82.7 Å². The van der Waals surface area contributed by atoms with Crippen molar-refractivity contribution >= 4 is 17.7 Å². The molecule has 0 radical (unpaired) electrons. The lowest BCUT2D eigenvalue weighted by molar-refractivity contribution is -0.126. The number of pyridine rings is 1. The predicted octanol–water partition coefficient (Wildman–Crippen LogP) is 0.983. The van der Waals surface area contributed by atoms with E-state index in [1.807, 2.05) is 0 Å². The first kappa shape index (κ1) is 11.0. The van der Waals surface area contributed by atoms with Crippen LogP contribution in [0.1, 0.15) is 10.4 Å². The van der Waals surface area contributed by atoms with Gasteiger partial charge in [0.05, 0.1) is 0 Å². The van der Waals surface area contributed by atoms with Gasteiger partial charge in [0.15, 0.2) is 0 Å². The lowest BCUT2D eigenvalue weighted by atomic mass is 10.2. The number of amides is 1. The summed E-state index contributed by atoms with van der Waals surface area (Å²) in [6, 6.07) is 2.47. The molecule has 0 unspecified atom stereocenters. The molecule has 0 aromatic carbocycles. The molecule has 1 aromatic rings. The van der Waals surface area contributed by atoms with E-state index in [2.05, 4.69) is 4.98 Å². The maximum Gasteiger partial charge on any atom is 0.339 e. The Morgan fingerprint density at radius 1 is 1.47 bits per heavy atom. The molecule has 1 heterocycles. The number of hydrogen-bond donors (Lipinski definition) is 2. The van der Waals surface area contributed by atoms with E-state index in [4.69, 9.17) is 5.11 Å². The molecule has 0 saturated carbocycles. The lowest BCUT2D eigenvalue weighted by Gasteiger charge is -2.05. The number of rotatable bonds is 3. The second-order valence-electron chi connectivity index (χ2n) is 2.49. The Balaban J connectivity index is 2.94. The molecule has 0 bridgehead atoms. The summed E-state index contributed by atoms with van der Waals surface area (Å²) in [6.45, 7) is 0. The van der Waals surface area contributed by atoms with E-state index >= 15 is 0 Å². The molecule has 7 heteroatoms. The first-order chi connectivity index (χ1) is 7.02. The largest absolute Gasteiger partial charge is 0.478 e. The Morgan fingerprint density at radius 2 is 2.13 bits per heavy atom. The second-order valence-corrected chi connectivity index (χ2v) is 2.49. The molecule has 0 aliphatic rings. The summed E-state index contributed by atoms with van der Waals surface area (Å²) < 4.78 is 23.7. The zero-order chi connectivity index (χ0) is 11.4. The van der Waals surface area contributed by atoms with Gasteiger partial charge in [0.1, 0.15) is 11.4 Å². The van der Waals surface area contributed by atoms with Crippen molar-refractivity contribution in [3.8, 4) is 0 Å². The van der Waals surface area contributed by atoms with Crippen molar-refractivity contribution < 1.29 is 23.5 Å². The first-order valence-corrected chi connectivity index (χ1v) is 3.79. The number of carboxylic acids is 1. The molecular formula is C8H6F2N2O3. The monoisotopic (exact) mass is 216 g/mol. The first-order valence-electron chi connectivity index (χ1n) is 3.79. The number of hydrogen-bond acceptors (Lipinski definition) is 3. The smallest absolute Gasteiger partial charge is 0.339 e. The summed E-state index contributed by atoms with van der Waals surface area (Å²) in [7, 11) is 0. The number of carbonyl (C=O) groups excluding carboxylic acids is 1. The molecule has 1 amide bonds. The zero-order valence-electron chi connectivity index (χ0n) is 7.28. The highest BCUT2D eigenvalue weighted by Gasteiger charge is 2.19. The molecule has 1 rings (SSSR count). The number of halogens is 2. The average molecular weight is 216 g/mol. The van der Waals surface area contributed by atoms with Crippen molar-refractivity contribution in [2.45, 2.75) is 6.43 Å². The van der Waals surface area contributed by atoms with Crippen molar-refractivity contribution in [1.82, 2.24) is 4.98 Å². The number of anilines is 1. The van der Waals surface area contributed by atoms with E-state index in [0.29, 0.717) is 0 Å². The topological polar surface area (TPSA) is 79.3 Å². The number of nitrogens with zero attached hydrogens (tertiary/aromatic N) is 1. The van der Waals surface area contributed by atoms with Crippen LogP contribution >= 0.6 is 0 Å². The molecule has 0 spiro atoms. The highest BCUT2D eigenvalue weighted by Crippen LogP contribution is 2.12. The molecule has 0 atom stereocenters. The minimum Gasteiger partial charge on any atom is -0.478 e. The van der Waals surface area contributed by atoms with Gasteiger partial charge >= 0.3 is 12.4 Å². The number of nitrogens with one attached hydrogen (secondary N) is 1. The standard InChI is InChI=1S/C8H6F2N2O3/c9-5(10)7(13)12-6-4(8(14)15)2-1-3-11-6/h1-3,5H,(H,14,15)(H,11,12,13). The van der Waals surface area contributed by atoms with Gasteiger partial charge in [0, 0.05) is 6.20 Å². The van der Waals surface area contributed by atoms with E-state index < -0.39 is 24.1 Å². The maximum atomic E-state index is 11.9. The van der Waals surface area contributed by atoms with Crippen LogP contribution in [-0.4, -0.2) is 28.4 Å². The molecule has 0 aliphatic carbocycles. The van der Waals surface area contributed by atoms with Gasteiger partial charge in [-0.05, 0) is 12.1 Å². The minimum atomic E-state index is -3.21. The van der Waals surface area contributed by atoms with Crippen molar-refractivity contribution in [1.29, 1.82) is 0 Å². The fourth-order valence-electron chi connectivity index (χ4n) is 0.849. The number of alkyl halides is 2. The molecule has 0 aliphatic heterocycles. The van der Waals surface area contributed by atoms with Crippen LogP contribution in [0.25, 0.3) is 0 Å². The average Bonchev–Trinajstić information content (AvgIpc) is 2.18. The quantitative estimate of drug-likeness (QED) is 0.789. The molecule has 0 fully saturated rings. The van der Waals surface area contributed by atoms with E-state index in [0.717, 1.165) is 6.07 Å². The summed E-state index contributed by atoms with van der Waals surface area (Å²) in [5, 5.41) is 10.3. The maximum absolute atomic E-state index is 11.9. The van der Waals surface area contributed by atoms with Gasteiger partial charge < -0.3 is 10.4 Å². The highest BCUT2D eigenvalue weighted by molar-refractivity contribution is 6.00. The third kappa shape index (κ3) is 2.70. The van der Waals surface area contributed by atoms with Crippen LogP contribution < -0.4 is 5.32 Å². The summed E-state index contributed by atoms with van der Waals surface area (Å²) in [6.07, 6.45) is -2.03. The van der Waals surface area contributed by atoms with Gasteiger partial charge in [0.25, 0.3) is 5.91 Å². The zero-order valence-corrected chi connectivity index (χ0v) is 7.28. The minimum absolute atomic E-state index is 0.341. The van der Waals surface area contributed by atoms with Gasteiger partial charge in [-0.15, -0.1) is 0 Å². The van der Waals surface area contributed by atoms with Gasteiger partial charge in [-0.2, -0.15) is 8.78 Å². The molecule has 15 heavy (non-hydrogen) atoms. The Hall–Kier alpha value is -2.05. The van der Waals surface area contributed by atoms with Crippen LogP contribution in [0.15, 0.2) is 18.3 Å². The highest BCUT2D eigenvalue weighted by atomic mass is 19.3. The van der Waals surface area contributed by atoms with E-state index in [-0.39, 0.29) is 5.56 Å². The number of aromatic nitrogens is 1. The predicted molar refractivity (Wildman–Crippen MR) is 45.8 cm³/mol. The van der Waals surface area contributed by atoms with Crippen LogP contribution in [0.5, 0.6) is 0 Å². The number of carboxylic acid groups (broad SMARTS) is 1. The summed E-state index contributed by atoms with van der Waals surface area (Å²) in [5.41, 5.74) is -0.341. The summed E-state index contributed by atoms with van der Waals surface area (Å²) >= 11 is 0. The van der Waals surface area contributed by atoms with E-state index in [1.54, 1.807) is 5.32 Å². The Kier molecular flexibility index (Phi) is 3.27. The van der Waals surface area contributed by atoms with Crippen molar-refractivity contribution in [3.05, 3.63) is 23.9 Å². The van der Waals surface area contributed by atoms with Gasteiger partial charge in [-0.3, -0.25) is 4.79 Å². The molecule has 1 aromatic heterocycles. The van der Waals surface area contributed by atoms with Gasteiger partial charge in [-0.1, -0.05) is 0 Å². The van der Waals surface area contributed by atoms with Crippen LogP contribution in [0.4, 0.5) is 14.6 Å². The van der Waals surface area contributed by atoms with Gasteiger partial charge in [-0.25, -0.2) is 9.78 Å². The SMILES string of the molecule is O=C(O)c1cccnc1NC(=O)C(F)F.